The molecule has 2 aromatic rings. The predicted molar refractivity (Wildman–Crippen MR) is 145 cm³/mol. The van der Waals surface area contributed by atoms with E-state index in [0.29, 0.717) is 35.7 Å². The summed E-state index contributed by atoms with van der Waals surface area (Å²) >= 11 is 0. The van der Waals surface area contributed by atoms with Gasteiger partial charge in [-0.05, 0) is 53.5 Å². The van der Waals surface area contributed by atoms with Crippen molar-refractivity contribution in [3.05, 3.63) is 35.6 Å². The van der Waals surface area contributed by atoms with Crippen molar-refractivity contribution in [1.82, 2.24) is 15.4 Å². The minimum atomic E-state index is -1.03. The summed E-state index contributed by atoms with van der Waals surface area (Å²) in [6.07, 6.45) is 1.05. The van der Waals surface area contributed by atoms with Gasteiger partial charge in [-0.3, -0.25) is 14.4 Å². The minimum Gasteiger partial charge on any atom is -0.493 e. The Morgan fingerprint density at radius 2 is 1.74 bits per heavy atom. The van der Waals surface area contributed by atoms with E-state index in [4.69, 9.17) is 14.0 Å². The van der Waals surface area contributed by atoms with E-state index in [-0.39, 0.29) is 36.4 Å². The van der Waals surface area contributed by atoms with Crippen LogP contribution >= 0.6 is 0 Å². The molecule has 0 fully saturated rings. The van der Waals surface area contributed by atoms with E-state index >= 15 is 0 Å². The van der Waals surface area contributed by atoms with Gasteiger partial charge in [0.1, 0.15) is 11.8 Å². The van der Waals surface area contributed by atoms with E-state index in [1.54, 1.807) is 36.1 Å². The van der Waals surface area contributed by atoms with Crippen LogP contribution in [0.3, 0.4) is 0 Å². The quantitative estimate of drug-likeness (QED) is 0.382. The molecule has 1 aromatic carbocycles. The van der Waals surface area contributed by atoms with Crippen molar-refractivity contribution >= 4 is 23.5 Å². The van der Waals surface area contributed by atoms with Gasteiger partial charge in [0.05, 0.1) is 14.2 Å². The molecule has 10 heteroatoms. The van der Waals surface area contributed by atoms with Crippen LogP contribution in [-0.4, -0.2) is 53.1 Å². The molecule has 0 radical (unpaired) electrons. The first-order valence-corrected chi connectivity index (χ1v) is 12.9. The molecular weight excluding hydrogens is 488 g/mol. The summed E-state index contributed by atoms with van der Waals surface area (Å²) in [6.45, 7) is 13.3. The average molecular weight is 531 g/mol. The first-order valence-electron chi connectivity index (χ1n) is 12.9. The molecule has 0 bridgehead atoms. The zero-order valence-corrected chi connectivity index (χ0v) is 24.1. The Morgan fingerprint density at radius 3 is 2.26 bits per heavy atom. The molecule has 210 valence electrons. The number of methoxy groups -OCH3 is 2. The lowest BCUT2D eigenvalue weighted by molar-refractivity contribution is -0.148. The molecule has 0 saturated heterocycles. The number of nitrogens with one attached hydrogen (secondary N) is 2. The number of anilines is 1. The van der Waals surface area contributed by atoms with Crippen LogP contribution in [0.1, 0.15) is 84.6 Å². The van der Waals surface area contributed by atoms with Crippen molar-refractivity contribution in [3.63, 3.8) is 0 Å². The van der Waals surface area contributed by atoms with Crippen LogP contribution in [0.15, 0.2) is 28.8 Å². The van der Waals surface area contributed by atoms with Crippen LogP contribution in [0.2, 0.25) is 0 Å². The normalized spacial score (nSPS) is 12.4. The summed E-state index contributed by atoms with van der Waals surface area (Å²) < 4.78 is 16.1. The number of carbonyl (C=O) groups excluding carboxylic acids is 3. The molecule has 10 nitrogen and oxygen atoms in total. The smallest absolute Gasteiger partial charge is 0.248 e. The van der Waals surface area contributed by atoms with Gasteiger partial charge in [-0.1, -0.05) is 31.1 Å². The van der Waals surface area contributed by atoms with E-state index in [1.165, 1.54) is 14.2 Å². The van der Waals surface area contributed by atoms with Gasteiger partial charge in [-0.25, -0.2) is 0 Å². The molecule has 1 heterocycles. The Hall–Kier alpha value is -3.56. The molecule has 1 aromatic heterocycles. The second-order valence-electron chi connectivity index (χ2n) is 10.5. The fourth-order valence-electron chi connectivity index (χ4n) is 3.99. The van der Waals surface area contributed by atoms with Crippen molar-refractivity contribution in [3.8, 4) is 11.5 Å². The van der Waals surface area contributed by atoms with Crippen molar-refractivity contribution in [1.29, 1.82) is 0 Å². The first-order chi connectivity index (χ1) is 17.8. The number of amides is 3. The Morgan fingerprint density at radius 1 is 1.05 bits per heavy atom. The Labute approximate surface area is 225 Å². The molecule has 1 unspecified atom stereocenters. The summed E-state index contributed by atoms with van der Waals surface area (Å²) in [4.78, 5) is 42.0. The number of aromatic nitrogens is 1. The lowest BCUT2D eigenvalue weighted by Gasteiger charge is -2.44. The van der Waals surface area contributed by atoms with Crippen molar-refractivity contribution in [2.24, 2.45) is 0 Å². The Kier molecular flexibility index (Phi) is 10.3. The third kappa shape index (κ3) is 7.49. The SMILES string of the molecule is CCC(C)(C)NC(=O)C(c1cccc(OC)c1OC)N(C(=O)CCC(=O)Nc1cc(C)on1)C(C)(C)CC. The maximum absolute atomic E-state index is 14.0. The third-order valence-corrected chi connectivity index (χ3v) is 6.83. The van der Waals surface area contributed by atoms with Crippen molar-refractivity contribution < 1.29 is 28.4 Å². The Bertz CT molecular complexity index is 1120. The lowest BCUT2D eigenvalue weighted by atomic mass is 9.91. The number of rotatable bonds is 13. The zero-order chi connectivity index (χ0) is 28.7. The maximum atomic E-state index is 14.0. The molecule has 1 atom stereocenters. The van der Waals surface area contributed by atoms with Crippen LogP contribution in [0.5, 0.6) is 11.5 Å². The number of ether oxygens (including phenoxy) is 2. The molecule has 3 amide bonds. The molecule has 0 aliphatic heterocycles. The van der Waals surface area contributed by atoms with Crippen LogP contribution in [-0.2, 0) is 14.4 Å². The predicted octanol–water partition coefficient (Wildman–Crippen LogP) is 4.78. The summed E-state index contributed by atoms with van der Waals surface area (Å²) in [7, 11) is 3.02. The van der Waals surface area contributed by atoms with E-state index < -0.39 is 17.1 Å². The summed E-state index contributed by atoms with van der Waals surface area (Å²) in [5.74, 6) is 0.584. The molecule has 2 N–H and O–H groups in total. The minimum absolute atomic E-state index is 0.0922. The average Bonchev–Trinajstić information content (AvgIpc) is 3.28. The zero-order valence-electron chi connectivity index (χ0n) is 24.1. The van der Waals surface area contributed by atoms with Gasteiger partial charge in [0.15, 0.2) is 17.3 Å². The number of hydrogen-bond donors (Lipinski definition) is 2. The van der Waals surface area contributed by atoms with Crippen LogP contribution < -0.4 is 20.1 Å². The lowest BCUT2D eigenvalue weighted by Crippen LogP contribution is -2.56. The molecule has 0 aliphatic rings. The van der Waals surface area contributed by atoms with Crippen LogP contribution in [0.4, 0.5) is 5.82 Å². The first kappa shape index (κ1) is 30.7. The number of nitrogens with zero attached hydrogens (tertiary/aromatic N) is 2. The number of carbonyl (C=O) groups is 3. The van der Waals surface area contributed by atoms with Gasteiger partial charge in [-0.15, -0.1) is 0 Å². The third-order valence-electron chi connectivity index (χ3n) is 6.83. The number of benzene rings is 1. The summed E-state index contributed by atoms with van der Waals surface area (Å²) in [5.41, 5.74) is -0.751. The molecular formula is C28H42N4O6. The highest BCUT2D eigenvalue weighted by Crippen LogP contribution is 2.41. The van der Waals surface area contributed by atoms with Gasteiger partial charge in [0, 0.05) is 35.5 Å². The van der Waals surface area contributed by atoms with Crippen molar-refractivity contribution in [2.75, 3.05) is 19.5 Å². The highest BCUT2D eigenvalue weighted by atomic mass is 16.5. The number of para-hydroxylation sites is 1. The van der Waals surface area contributed by atoms with E-state index in [2.05, 4.69) is 15.8 Å². The molecule has 38 heavy (non-hydrogen) atoms. The van der Waals surface area contributed by atoms with Gasteiger partial charge < -0.3 is 29.5 Å². The second-order valence-corrected chi connectivity index (χ2v) is 10.5. The van der Waals surface area contributed by atoms with Gasteiger partial charge in [0.2, 0.25) is 17.7 Å². The number of hydrogen-bond acceptors (Lipinski definition) is 7. The summed E-state index contributed by atoms with van der Waals surface area (Å²) in [5, 5.41) is 9.49. The molecule has 0 saturated carbocycles. The Balaban J connectivity index is 2.52. The van der Waals surface area contributed by atoms with Gasteiger partial charge in [0.25, 0.3) is 0 Å². The molecule has 0 aliphatic carbocycles. The largest absolute Gasteiger partial charge is 0.493 e. The standard InChI is InChI=1S/C28H42N4O6/c1-10-27(4,5)30-26(35)24(19-13-12-14-20(36-8)25(19)37-9)32(28(6,7)11-2)23(34)16-15-22(33)29-21-17-18(3)38-31-21/h12-14,17,24H,10-11,15-16H2,1-9H3,(H,30,35)(H,29,31,33). The monoisotopic (exact) mass is 530 g/mol. The van der Waals surface area contributed by atoms with Crippen molar-refractivity contribution in [2.45, 2.75) is 91.3 Å². The van der Waals surface area contributed by atoms with E-state index in [1.807, 2.05) is 41.5 Å². The summed E-state index contributed by atoms with van der Waals surface area (Å²) in [6, 6.07) is 5.82. The maximum Gasteiger partial charge on any atom is 0.248 e. The van der Waals surface area contributed by atoms with Crippen LogP contribution in [0, 0.1) is 6.92 Å². The molecule has 2 rings (SSSR count). The van der Waals surface area contributed by atoms with E-state index in [9.17, 15) is 14.4 Å². The van der Waals surface area contributed by atoms with Crippen LogP contribution in [0.25, 0.3) is 0 Å². The second kappa shape index (κ2) is 12.8. The van der Waals surface area contributed by atoms with E-state index in [0.717, 1.165) is 0 Å². The highest BCUT2D eigenvalue weighted by Gasteiger charge is 2.42. The topological polar surface area (TPSA) is 123 Å². The fourth-order valence-corrected chi connectivity index (χ4v) is 3.99. The fraction of sp³-hybridized carbons (Fsp3) is 0.571. The van der Waals surface area contributed by atoms with Gasteiger partial charge in [-0.2, -0.15) is 0 Å². The number of aryl methyl sites for hydroxylation is 1. The highest BCUT2D eigenvalue weighted by molar-refractivity contribution is 5.94. The van der Waals surface area contributed by atoms with Gasteiger partial charge >= 0.3 is 0 Å². The molecule has 0 spiro atoms.